The first-order valence-corrected chi connectivity index (χ1v) is 8.58. The molecule has 2 aromatic carbocycles. The zero-order valence-electron chi connectivity index (χ0n) is 14.5. The van der Waals surface area contributed by atoms with Crippen LogP contribution in [0, 0.1) is 0 Å². The molecular weight excluding hydrogens is 320 g/mol. The highest BCUT2D eigenvalue weighted by molar-refractivity contribution is 6.30. The molecule has 0 saturated carbocycles. The summed E-state index contributed by atoms with van der Waals surface area (Å²) in [5.41, 5.74) is 3.21. The second kappa shape index (κ2) is 8.32. The van der Waals surface area contributed by atoms with Crippen LogP contribution in [0.25, 0.3) is 0 Å². The normalized spacial score (nSPS) is 11.3. The Balaban J connectivity index is 1.81. The van der Waals surface area contributed by atoms with Gasteiger partial charge < -0.3 is 10.6 Å². The summed E-state index contributed by atoms with van der Waals surface area (Å²) in [7, 11) is 0. The molecule has 0 aliphatic rings. The molecule has 3 nitrogen and oxygen atoms in total. The van der Waals surface area contributed by atoms with Crippen molar-refractivity contribution in [1.82, 2.24) is 5.32 Å². The number of para-hydroxylation sites is 1. The summed E-state index contributed by atoms with van der Waals surface area (Å²) in [5.74, 6) is -0.0252. The summed E-state index contributed by atoms with van der Waals surface area (Å²) < 4.78 is 0. The van der Waals surface area contributed by atoms with Gasteiger partial charge in [0.25, 0.3) is 0 Å². The Morgan fingerprint density at radius 3 is 2.38 bits per heavy atom. The molecule has 0 aliphatic heterocycles. The van der Waals surface area contributed by atoms with Gasteiger partial charge in [-0.2, -0.15) is 0 Å². The maximum atomic E-state index is 12.2. The Morgan fingerprint density at radius 2 is 1.71 bits per heavy atom. The monoisotopic (exact) mass is 344 g/mol. The van der Waals surface area contributed by atoms with Crippen LogP contribution in [-0.4, -0.2) is 19.0 Å². The number of amides is 1. The van der Waals surface area contributed by atoms with E-state index in [1.54, 1.807) is 0 Å². The first kappa shape index (κ1) is 18.5. The van der Waals surface area contributed by atoms with Gasteiger partial charge in [-0.15, -0.1) is 0 Å². The molecule has 0 saturated heterocycles. The Morgan fingerprint density at radius 1 is 1.04 bits per heavy atom. The van der Waals surface area contributed by atoms with Gasteiger partial charge in [-0.05, 0) is 47.7 Å². The SMILES string of the molecule is CC(C)(C)c1ccccc1NC(=O)CNCCc1ccc(Cl)cc1. The Kier molecular flexibility index (Phi) is 6.41. The molecule has 2 N–H and O–H groups in total. The molecule has 2 rings (SSSR count). The van der Waals surface area contributed by atoms with Crippen LogP contribution in [0.15, 0.2) is 48.5 Å². The third-order valence-corrected chi connectivity index (χ3v) is 4.05. The first-order valence-electron chi connectivity index (χ1n) is 8.21. The maximum Gasteiger partial charge on any atom is 0.238 e. The van der Waals surface area contributed by atoms with Gasteiger partial charge in [0.15, 0.2) is 0 Å². The molecule has 2 aromatic rings. The fourth-order valence-corrected chi connectivity index (χ4v) is 2.65. The van der Waals surface area contributed by atoms with Gasteiger partial charge in [0, 0.05) is 10.7 Å². The van der Waals surface area contributed by atoms with Crippen LogP contribution in [0.1, 0.15) is 31.9 Å². The topological polar surface area (TPSA) is 41.1 Å². The Labute approximate surface area is 149 Å². The van der Waals surface area contributed by atoms with Gasteiger partial charge in [-0.3, -0.25) is 4.79 Å². The number of benzene rings is 2. The number of hydrogen-bond donors (Lipinski definition) is 2. The minimum absolute atomic E-state index is 0.00805. The third kappa shape index (κ3) is 5.66. The molecule has 0 aromatic heterocycles. The third-order valence-electron chi connectivity index (χ3n) is 3.80. The summed E-state index contributed by atoms with van der Waals surface area (Å²) in [6, 6.07) is 15.7. The Hall–Kier alpha value is -1.84. The van der Waals surface area contributed by atoms with Crippen LogP contribution in [0.2, 0.25) is 5.02 Å². The van der Waals surface area contributed by atoms with E-state index in [4.69, 9.17) is 11.6 Å². The maximum absolute atomic E-state index is 12.2. The number of nitrogens with one attached hydrogen (secondary N) is 2. The zero-order chi connectivity index (χ0) is 17.6. The number of halogens is 1. The zero-order valence-corrected chi connectivity index (χ0v) is 15.3. The molecule has 0 fully saturated rings. The number of carbonyl (C=O) groups excluding carboxylic acids is 1. The average Bonchev–Trinajstić information content (AvgIpc) is 2.53. The van der Waals surface area contributed by atoms with Crippen LogP contribution in [0.3, 0.4) is 0 Å². The summed E-state index contributed by atoms with van der Waals surface area (Å²) >= 11 is 5.87. The van der Waals surface area contributed by atoms with E-state index in [0.29, 0.717) is 6.54 Å². The van der Waals surface area contributed by atoms with Crippen LogP contribution in [0.5, 0.6) is 0 Å². The van der Waals surface area contributed by atoms with Crippen molar-refractivity contribution >= 4 is 23.2 Å². The molecule has 128 valence electrons. The minimum atomic E-state index is -0.0252. The fourth-order valence-electron chi connectivity index (χ4n) is 2.53. The molecule has 0 bridgehead atoms. The quantitative estimate of drug-likeness (QED) is 0.762. The number of anilines is 1. The molecule has 24 heavy (non-hydrogen) atoms. The van der Waals surface area contributed by atoms with E-state index in [0.717, 1.165) is 29.2 Å². The molecular formula is C20H25ClN2O. The highest BCUT2D eigenvalue weighted by Gasteiger charge is 2.18. The standard InChI is InChI=1S/C20H25ClN2O/c1-20(2,3)17-6-4-5-7-18(17)23-19(24)14-22-13-12-15-8-10-16(21)11-9-15/h4-11,22H,12-14H2,1-3H3,(H,23,24). The second-order valence-electron chi connectivity index (χ2n) is 6.90. The molecule has 0 heterocycles. The van der Waals surface area contributed by atoms with Crippen LogP contribution in [-0.2, 0) is 16.6 Å². The lowest BCUT2D eigenvalue weighted by molar-refractivity contribution is -0.115. The first-order chi connectivity index (χ1) is 11.4. The van der Waals surface area contributed by atoms with E-state index in [-0.39, 0.29) is 11.3 Å². The van der Waals surface area contributed by atoms with E-state index in [2.05, 4.69) is 37.5 Å². The van der Waals surface area contributed by atoms with E-state index in [1.807, 2.05) is 42.5 Å². The van der Waals surface area contributed by atoms with Gasteiger partial charge in [0.1, 0.15) is 0 Å². The average molecular weight is 345 g/mol. The largest absolute Gasteiger partial charge is 0.325 e. The molecule has 0 aliphatic carbocycles. The van der Waals surface area contributed by atoms with Gasteiger partial charge in [0.2, 0.25) is 5.91 Å². The molecule has 0 atom stereocenters. The van der Waals surface area contributed by atoms with Crippen LogP contribution in [0.4, 0.5) is 5.69 Å². The van der Waals surface area contributed by atoms with E-state index >= 15 is 0 Å². The van der Waals surface area contributed by atoms with E-state index in [1.165, 1.54) is 5.56 Å². The summed E-state index contributed by atoms with van der Waals surface area (Å²) in [6.45, 7) is 7.47. The second-order valence-corrected chi connectivity index (χ2v) is 7.33. The number of carbonyl (C=O) groups is 1. The molecule has 0 unspecified atom stereocenters. The lowest BCUT2D eigenvalue weighted by Crippen LogP contribution is -2.30. The number of rotatable bonds is 6. The molecule has 1 amide bonds. The lowest BCUT2D eigenvalue weighted by Gasteiger charge is -2.23. The molecule has 0 spiro atoms. The molecule has 0 radical (unpaired) electrons. The summed E-state index contributed by atoms with van der Waals surface area (Å²) in [5, 5.41) is 6.93. The summed E-state index contributed by atoms with van der Waals surface area (Å²) in [4.78, 5) is 12.2. The van der Waals surface area contributed by atoms with Crippen molar-refractivity contribution in [3.63, 3.8) is 0 Å². The van der Waals surface area contributed by atoms with Crippen molar-refractivity contribution in [1.29, 1.82) is 0 Å². The van der Waals surface area contributed by atoms with Crippen molar-refractivity contribution in [2.24, 2.45) is 0 Å². The van der Waals surface area contributed by atoms with Crippen molar-refractivity contribution in [3.05, 3.63) is 64.7 Å². The van der Waals surface area contributed by atoms with Crippen molar-refractivity contribution in [2.45, 2.75) is 32.6 Å². The number of hydrogen-bond acceptors (Lipinski definition) is 2. The van der Waals surface area contributed by atoms with Crippen molar-refractivity contribution in [3.8, 4) is 0 Å². The van der Waals surface area contributed by atoms with E-state index < -0.39 is 0 Å². The van der Waals surface area contributed by atoms with Gasteiger partial charge in [-0.1, -0.05) is 62.7 Å². The van der Waals surface area contributed by atoms with Crippen molar-refractivity contribution in [2.75, 3.05) is 18.4 Å². The van der Waals surface area contributed by atoms with Crippen LogP contribution >= 0.6 is 11.6 Å². The minimum Gasteiger partial charge on any atom is -0.325 e. The predicted octanol–water partition coefficient (Wildman–Crippen LogP) is 4.41. The fraction of sp³-hybridized carbons (Fsp3) is 0.350. The smallest absolute Gasteiger partial charge is 0.238 e. The van der Waals surface area contributed by atoms with Gasteiger partial charge in [0.05, 0.1) is 6.54 Å². The highest BCUT2D eigenvalue weighted by atomic mass is 35.5. The Bertz CT molecular complexity index is 675. The van der Waals surface area contributed by atoms with Gasteiger partial charge >= 0.3 is 0 Å². The highest BCUT2D eigenvalue weighted by Crippen LogP contribution is 2.29. The predicted molar refractivity (Wildman–Crippen MR) is 102 cm³/mol. The van der Waals surface area contributed by atoms with Gasteiger partial charge in [-0.25, -0.2) is 0 Å². The van der Waals surface area contributed by atoms with E-state index in [9.17, 15) is 4.79 Å². The molecule has 4 heteroatoms. The lowest BCUT2D eigenvalue weighted by atomic mass is 9.86. The van der Waals surface area contributed by atoms with Crippen LogP contribution < -0.4 is 10.6 Å². The summed E-state index contributed by atoms with van der Waals surface area (Å²) in [6.07, 6.45) is 0.864. The van der Waals surface area contributed by atoms with Crippen molar-refractivity contribution < 1.29 is 4.79 Å².